The molecular weight excluding hydrogens is 364 g/mol. The second kappa shape index (κ2) is 9.39. The van der Waals surface area contributed by atoms with Crippen molar-refractivity contribution in [3.8, 4) is 0 Å². The lowest BCUT2D eigenvalue weighted by molar-refractivity contribution is 0.0993. The zero-order valence-electron chi connectivity index (χ0n) is 16.9. The molecule has 0 amide bonds. The average Bonchev–Trinajstić information content (AvgIpc) is 3.14. The number of aliphatic imine (C=N–C) groups is 1. The summed E-state index contributed by atoms with van der Waals surface area (Å²) >= 11 is 0. The summed E-state index contributed by atoms with van der Waals surface area (Å²) in [6.45, 7) is 4.75. The van der Waals surface area contributed by atoms with Gasteiger partial charge in [-0.05, 0) is 44.1 Å². The van der Waals surface area contributed by atoms with E-state index in [1.54, 1.807) is 12.3 Å². The van der Waals surface area contributed by atoms with E-state index in [0.29, 0.717) is 43.3 Å². The van der Waals surface area contributed by atoms with Crippen LogP contribution in [-0.2, 0) is 17.9 Å². The molecule has 0 radical (unpaired) electrons. The third-order valence-corrected chi connectivity index (χ3v) is 5.53. The topological polar surface area (TPSA) is 66.8 Å². The van der Waals surface area contributed by atoms with E-state index in [-0.39, 0.29) is 5.78 Å². The number of carbonyl (C=O) groups is 1. The lowest BCUT2D eigenvalue weighted by Gasteiger charge is -2.18. The van der Waals surface area contributed by atoms with Crippen LogP contribution in [0.25, 0.3) is 0 Å². The van der Waals surface area contributed by atoms with Crippen LogP contribution in [0.4, 0.5) is 5.69 Å². The first-order valence-corrected chi connectivity index (χ1v) is 10.3. The Labute approximate surface area is 172 Å². The van der Waals surface area contributed by atoms with Crippen LogP contribution in [0, 0.1) is 5.92 Å². The Bertz CT molecular complexity index is 882. The quantitative estimate of drug-likeness (QED) is 0.748. The molecule has 1 N–H and O–H groups in total. The van der Waals surface area contributed by atoms with Crippen LogP contribution in [-0.4, -0.2) is 54.7 Å². The van der Waals surface area contributed by atoms with Crippen LogP contribution in [0.3, 0.4) is 0 Å². The highest BCUT2D eigenvalue weighted by molar-refractivity contribution is 6.16. The Kier molecular flexibility index (Phi) is 6.44. The highest BCUT2D eigenvalue weighted by Crippen LogP contribution is 2.29. The predicted octanol–water partition coefficient (Wildman–Crippen LogP) is 3.00. The van der Waals surface area contributed by atoms with Crippen LogP contribution in [0.15, 0.2) is 47.6 Å². The first-order chi connectivity index (χ1) is 14.2. The summed E-state index contributed by atoms with van der Waals surface area (Å²) in [4.78, 5) is 24.2. The van der Waals surface area contributed by atoms with Crippen molar-refractivity contribution in [1.82, 2.24) is 15.2 Å². The number of hydrogen-bond acceptors (Lipinski definition) is 6. The number of nitrogens with one attached hydrogen (secondary N) is 1. The highest BCUT2D eigenvalue weighted by atomic mass is 16.5. The molecular formula is C23H28N4O2. The fraction of sp³-hybridized carbons (Fsp3) is 0.435. The molecule has 2 aliphatic rings. The van der Waals surface area contributed by atoms with Gasteiger partial charge in [-0.15, -0.1) is 0 Å². The van der Waals surface area contributed by atoms with E-state index in [2.05, 4.69) is 22.2 Å². The largest absolute Gasteiger partial charge is 0.371 e. The van der Waals surface area contributed by atoms with Crippen molar-refractivity contribution < 1.29 is 9.53 Å². The summed E-state index contributed by atoms with van der Waals surface area (Å²) < 4.78 is 5.80. The van der Waals surface area contributed by atoms with Crippen LogP contribution >= 0.6 is 0 Å². The number of pyridine rings is 1. The molecule has 2 aromatic rings. The molecule has 0 saturated carbocycles. The number of carbonyl (C=O) groups excluding carboxylic acids is 1. The molecule has 0 spiro atoms. The molecule has 1 aromatic carbocycles. The number of hydrogen-bond donors (Lipinski definition) is 1. The molecule has 1 aromatic heterocycles. The summed E-state index contributed by atoms with van der Waals surface area (Å²) in [6.07, 6.45) is 3.25. The zero-order valence-corrected chi connectivity index (χ0v) is 16.9. The van der Waals surface area contributed by atoms with E-state index in [4.69, 9.17) is 9.73 Å². The van der Waals surface area contributed by atoms with E-state index in [0.717, 1.165) is 36.6 Å². The van der Waals surface area contributed by atoms with E-state index in [9.17, 15) is 4.79 Å². The minimum Gasteiger partial charge on any atom is -0.371 e. The molecule has 29 heavy (non-hydrogen) atoms. The minimum absolute atomic E-state index is 0.0920. The normalized spacial score (nSPS) is 19.3. The molecule has 0 bridgehead atoms. The Morgan fingerprint density at radius 1 is 1.21 bits per heavy atom. The van der Waals surface area contributed by atoms with E-state index in [1.165, 1.54) is 6.42 Å². The Balaban J connectivity index is 1.38. The van der Waals surface area contributed by atoms with Gasteiger partial charge in [-0.2, -0.15) is 0 Å². The summed E-state index contributed by atoms with van der Waals surface area (Å²) in [5, 5.41) is 3.51. The van der Waals surface area contributed by atoms with Gasteiger partial charge in [-0.25, -0.2) is 0 Å². The molecule has 6 heteroatoms. The molecule has 0 aliphatic carbocycles. The Hall–Kier alpha value is -2.41. The van der Waals surface area contributed by atoms with Crippen molar-refractivity contribution in [1.29, 1.82) is 0 Å². The van der Waals surface area contributed by atoms with Gasteiger partial charge in [0, 0.05) is 24.8 Å². The van der Waals surface area contributed by atoms with Crippen LogP contribution < -0.4 is 5.32 Å². The number of likely N-dealkylation sites (tertiary alicyclic amines) is 1. The molecule has 1 unspecified atom stereocenters. The van der Waals surface area contributed by atoms with Gasteiger partial charge in [0.2, 0.25) is 0 Å². The average molecular weight is 393 g/mol. The molecule has 1 saturated heterocycles. The fourth-order valence-corrected chi connectivity index (χ4v) is 3.99. The standard InChI is InChI=1S/C23H28N4O2/c1-27-10-8-18(14-27)12-24-13-21-23-20(7-9-25-21)22(28)11-19(26-23)16-29-15-17-5-3-2-4-6-17/h2-7,9,18,24H,8,10-16H2,1H3. The van der Waals surface area contributed by atoms with Gasteiger partial charge in [0.05, 0.1) is 36.7 Å². The Morgan fingerprint density at radius 2 is 2.07 bits per heavy atom. The molecule has 6 nitrogen and oxygen atoms in total. The molecule has 152 valence electrons. The van der Waals surface area contributed by atoms with E-state index < -0.39 is 0 Å². The number of Topliss-reactive ketones (excluding diaryl/α,β-unsaturated/α-hetero) is 1. The summed E-state index contributed by atoms with van der Waals surface area (Å²) in [7, 11) is 2.16. The maximum absolute atomic E-state index is 12.6. The van der Waals surface area contributed by atoms with Gasteiger partial charge in [0.25, 0.3) is 0 Å². The van der Waals surface area contributed by atoms with Crippen molar-refractivity contribution >= 4 is 17.2 Å². The highest BCUT2D eigenvalue weighted by Gasteiger charge is 2.23. The number of ketones is 1. The summed E-state index contributed by atoms with van der Waals surface area (Å²) in [5.74, 6) is 0.765. The third-order valence-electron chi connectivity index (χ3n) is 5.53. The number of rotatable bonds is 8. The van der Waals surface area contributed by atoms with Crippen molar-refractivity contribution in [2.24, 2.45) is 10.9 Å². The second-order valence-corrected chi connectivity index (χ2v) is 7.96. The lowest BCUT2D eigenvalue weighted by Crippen LogP contribution is -2.26. The minimum atomic E-state index is 0.0920. The van der Waals surface area contributed by atoms with Crippen LogP contribution in [0.1, 0.15) is 34.5 Å². The van der Waals surface area contributed by atoms with Gasteiger partial charge in [0.1, 0.15) is 0 Å². The van der Waals surface area contributed by atoms with Crippen molar-refractivity contribution in [2.75, 3.05) is 33.3 Å². The molecule has 1 atom stereocenters. The summed E-state index contributed by atoms with van der Waals surface area (Å²) in [6, 6.07) is 11.8. The van der Waals surface area contributed by atoms with Crippen molar-refractivity contribution in [3.05, 3.63) is 59.4 Å². The maximum atomic E-state index is 12.6. The van der Waals surface area contributed by atoms with Gasteiger partial charge in [-0.3, -0.25) is 14.8 Å². The van der Waals surface area contributed by atoms with E-state index in [1.807, 2.05) is 30.3 Å². The number of nitrogens with zero attached hydrogens (tertiary/aromatic N) is 3. The first kappa shape index (κ1) is 19.9. The smallest absolute Gasteiger partial charge is 0.170 e. The van der Waals surface area contributed by atoms with Crippen molar-refractivity contribution in [3.63, 3.8) is 0 Å². The molecule has 2 aliphatic heterocycles. The van der Waals surface area contributed by atoms with Gasteiger partial charge < -0.3 is 15.0 Å². The summed E-state index contributed by atoms with van der Waals surface area (Å²) in [5.41, 5.74) is 4.09. The number of fused-ring (bicyclic) bond motifs is 1. The number of aromatic nitrogens is 1. The maximum Gasteiger partial charge on any atom is 0.170 e. The Morgan fingerprint density at radius 3 is 2.86 bits per heavy atom. The third kappa shape index (κ3) is 5.15. The molecule has 1 fully saturated rings. The number of benzene rings is 1. The SMILES string of the molecule is CN1CCC(CNCc2nccc3c2N=C(COCc2ccccc2)CC3=O)C1. The molecule has 4 rings (SSSR count). The number of ether oxygens (including phenoxy) is 1. The van der Waals surface area contributed by atoms with Gasteiger partial charge in [0.15, 0.2) is 5.78 Å². The van der Waals surface area contributed by atoms with Gasteiger partial charge >= 0.3 is 0 Å². The second-order valence-electron chi connectivity index (χ2n) is 7.96. The van der Waals surface area contributed by atoms with Crippen LogP contribution in [0.2, 0.25) is 0 Å². The zero-order chi connectivity index (χ0) is 20.1. The van der Waals surface area contributed by atoms with E-state index >= 15 is 0 Å². The van der Waals surface area contributed by atoms with Crippen LogP contribution in [0.5, 0.6) is 0 Å². The molecule has 3 heterocycles. The van der Waals surface area contributed by atoms with Crippen molar-refractivity contribution in [2.45, 2.75) is 26.0 Å². The predicted molar refractivity (Wildman–Crippen MR) is 114 cm³/mol. The fourth-order valence-electron chi connectivity index (χ4n) is 3.99. The van der Waals surface area contributed by atoms with Gasteiger partial charge in [-0.1, -0.05) is 30.3 Å². The lowest BCUT2D eigenvalue weighted by atomic mass is 10.00. The monoisotopic (exact) mass is 392 g/mol. The first-order valence-electron chi connectivity index (χ1n) is 10.3.